The van der Waals surface area contributed by atoms with Crippen molar-refractivity contribution in [3.8, 4) is 0 Å². The number of halogens is 1. The van der Waals surface area contributed by atoms with Crippen LogP contribution in [0.25, 0.3) is 0 Å². The predicted molar refractivity (Wildman–Crippen MR) is 49.6 cm³/mol. The lowest BCUT2D eigenvalue weighted by Crippen LogP contribution is -1.92. The molecule has 0 aromatic carbocycles. The van der Waals surface area contributed by atoms with Crippen molar-refractivity contribution < 1.29 is 4.79 Å². The van der Waals surface area contributed by atoms with E-state index >= 15 is 0 Å². The number of nitrogens with zero attached hydrogens (tertiary/aromatic N) is 1. The molecular formula is C6H6INOS. The highest BCUT2D eigenvalue weighted by Gasteiger charge is 2.01. The summed E-state index contributed by atoms with van der Waals surface area (Å²) in [5, 5.41) is 2.94. The Morgan fingerprint density at radius 2 is 2.60 bits per heavy atom. The van der Waals surface area contributed by atoms with Crippen molar-refractivity contribution in [2.24, 2.45) is 0 Å². The molecule has 0 radical (unpaired) electrons. The van der Waals surface area contributed by atoms with E-state index in [-0.39, 0.29) is 3.79 Å². The first-order valence-electron chi connectivity index (χ1n) is 2.78. The van der Waals surface area contributed by atoms with Crippen molar-refractivity contribution in [3.05, 3.63) is 16.1 Å². The molecule has 0 amide bonds. The summed E-state index contributed by atoms with van der Waals surface area (Å²) in [7, 11) is 0. The quantitative estimate of drug-likeness (QED) is 0.605. The van der Waals surface area contributed by atoms with Crippen LogP contribution in [0.1, 0.15) is 10.7 Å². The van der Waals surface area contributed by atoms with Gasteiger partial charge in [-0.3, -0.25) is 4.79 Å². The van der Waals surface area contributed by atoms with Crippen molar-refractivity contribution >= 4 is 37.7 Å². The normalized spacial score (nSPS) is 9.80. The van der Waals surface area contributed by atoms with Crippen molar-refractivity contribution in [2.75, 3.05) is 0 Å². The van der Waals surface area contributed by atoms with Crippen LogP contribution in [0, 0.1) is 6.92 Å². The lowest BCUT2D eigenvalue weighted by molar-refractivity contribution is -0.108. The van der Waals surface area contributed by atoms with E-state index in [1.165, 1.54) is 0 Å². The Morgan fingerprint density at radius 1 is 1.90 bits per heavy atom. The molecule has 0 aliphatic carbocycles. The molecular weight excluding hydrogens is 261 g/mol. The molecule has 0 aliphatic heterocycles. The average Bonchev–Trinajstić information content (AvgIpc) is 2.13. The van der Waals surface area contributed by atoms with Crippen molar-refractivity contribution in [1.82, 2.24) is 4.98 Å². The number of hydrogen-bond acceptors (Lipinski definition) is 3. The Kier molecular flexibility index (Phi) is 2.79. The summed E-state index contributed by atoms with van der Waals surface area (Å²) < 4.78 is 0.142. The predicted octanol–water partition coefficient (Wildman–Crippen LogP) is 1.96. The number of rotatable bonds is 2. The van der Waals surface area contributed by atoms with Gasteiger partial charge in [0.05, 0.1) is 17.1 Å². The molecule has 0 saturated heterocycles. The zero-order valence-electron chi connectivity index (χ0n) is 5.43. The molecule has 0 unspecified atom stereocenters. The number of carbonyl (C=O) groups is 1. The van der Waals surface area contributed by atoms with Gasteiger partial charge in [-0.2, -0.15) is 0 Å². The topological polar surface area (TPSA) is 30.0 Å². The van der Waals surface area contributed by atoms with E-state index in [4.69, 9.17) is 0 Å². The highest BCUT2D eigenvalue weighted by Crippen LogP contribution is 2.09. The van der Waals surface area contributed by atoms with Crippen molar-refractivity contribution in [2.45, 2.75) is 13.3 Å². The molecule has 0 N–H and O–H groups in total. The molecule has 0 fully saturated rings. The first-order valence-corrected chi connectivity index (χ1v) is 4.73. The van der Waals surface area contributed by atoms with Gasteiger partial charge >= 0.3 is 0 Å². The second-order valence-electron chi connectivity index (χ2n) is 1.89. The minimum Gasteiger partial charge on any atom is -0.287 e. The van der Waals surface area contributed by atoms with E-state index in [0.29, 0.717) is 6.42 Å². The van der Waals surface area contributed by atoms with E-state index in [2.05, 4.69) is 4.98 Å². The van der Waals surface area contributed by atoms with E-state index in [9.17, 15) is 4.79 Å². The van der Waals surface area contributed by atoms with Gasteiger partial charge in [0, 0.05) is 5.38 Å². The summed E-state index contributed by atoms with van der Waals surface area (Å²) in [5.74, 6) is 0. The van der Waals surface area contributed by atoms with Crippen molar-refractivity contribution in [3.63, 3.8) is 0 Å². The Hall–Kier alpha value is 0.0300. The third-order valence-electron chi connectivity index (χ3n) is 0.987. The van der Waals surface area contributed by atoms with E-state index < -0.39 is 0 Å². The summed E-state index contributed by atoms with van der Waals surface area (Å²) in [6, 6.07) is 0. The maximum absolute atomic E-state index is 10.6. The molecule has 10 heavy (non-hydrogen) atoms. The highest BCUT2D eigenvalue weighted by molar-refractivity contribution is 14.1. The van der Waals surface area contributed by atoms with Gasteiger partial charge < -0.3 is 0 Å². The van der Waals surface area contributed by atoms with Crippen LogP contribution in [-0.4, -0.2) is 8.77 Å². The van der Waals surface area contributed by atoms with E-state index in [1.54, 1.807) is 33.9 Å². The van der Waals surface area contributed by atoms with Crippen LogP contribution in [-0.2, 0) is 11.2 Å². The molecule has 0 saturated carbocycles. The average molecular weight is 267 g/mol. The molecule has 0 aliphatic rings. The summed E-state index contributed by atoms with van der Waals surface area (Å²) in [6.07, 6.45) is 0.463. The molecule has 1 heterocycles. The molecule has 2 nitrogen and oxygen atoms in total. The highest BCUT2D eigenvalue weighted by atomic mass is 127. The van der Waals surface area contributed by atoms with E-state index in [1.807, 2.05) is 12.3 Å². The Morgan fingerprint density at radius 3 is 3.00 bits per heavy atom. The first kappa shape index (κ1) is 8.13. The van der Waals surface area contributed by atoms with Gasteiger partial charge in [0.2, 0.25) is 0 Å². The monoisotopic (exact) mass is 267 g/mol. The summed E-state index contributed by atoms with van der Waals surface area (Å²) in [5.41, 5.74) is 0.891. The van der Waals surface area contributed by atoms with Crippen LogP contribution in [0.5, 0.6) is 0 Å². The number of hydrogen-bond donors (Lipinski definition) is 0. The third-order valence-corrected chi connectivity index (χ3v) is 2.19. The maximum Gasteiger partial charge on any atom is 0.198 e. The zero-order chi connectivity index (χ0) is 7.56. The molecule has 0 atom stereocenters. The van der Waals surface area contributed by atoms with Crippen LogP contribution >= 0.6 is 33.9 Å². The molecule has 1 aromatic heterocycles. The maximum atomic E-state index is 10.6. The minimum absolute atomic E-state index is 0.142. The molecule has 1 aromatic rings. The SMILES string of the molecule is Cc1nc(CC(=O)I)cs1. The number of thiazole rings is 1. The molecule has 1 rings (SSSR count). The lowest BCUT2D eigenvalue weighted by atomic mass is 10.4. The third kappa shape index (κ3) is 2.34. The number of aromatic nitrogens is 1. The number of aryl methyl sites for hydroxylation is 1. The van der Waals surface area contributed by atoms with Crippen LogP contribution in [0.3, 0.4) is 0 Å². The van der Waals surface area contributed by atoms with Crippen molar-refractivity contribution in [1.29, 1.82) is 0 Å². The number of carbonyl (C=O) groups excluding carboxylic acids is 1. The Labute approximate surface area is 76.8 Å². The molecule has 4 heteroatoms. The van der Waals surface area contributed by atoms with Gasteiger partial charge in [-0.1, -0.05) is 0 Å². The van der Waals surface area contributed by atoms with Crippen LogP contribution < -0.4 is 0 Å². The second-order valence-corrected chi connectivity index (χ2v) is 4.16. The minimum atomic E-state index is 0.142. The Balaban J connectivity index is 2.67. The molecule has 54 valence electrons. The van der Waals surface area contributed by atoms with Gasteiger partial charge in [-0.15, -0.1) is 11.3 Å². The molecule has 0 bridgehead atoms. The fourth-order valence-corrected chi connectivity index (χ4v) is 1.64. The fraction of sp³-hybridized carbons (Fsp3) is 0.333. The van der Waals surface area contributed by atoms with Gasteiger partial charge in [-0.05, 0) is 29.5 Å². The Bertz CT molecular complexity index is 246. The van der Waals surface area contributed by atoms with Crippen LogP contribution in [0.2, 0.25) is 0 Å². The second kappa shape index (κ2) is 3.43. The molecule has 0 spiro atoms. The zero-order valence-corrected chi connectivity index (χ0v) is 8.40. The fourth-order valence-electron chi connectivity index (χ4n) is 0.632. The standard InChI is InChI=1S/C6H6INOS/c1-4-8-5(3-10-4)2-6(7)9/h3H,2H2,1H3. The summed E-state index contributed by atoms with van der Waals surface area (Å²) >= 11 is 3.36. The largest absolute Gasteiger partial charge is 0.287 e. The van der Waals surface area contributed by atoms with E-state index in [0.717, 1.165) is 10.7 Å². The van der Waals surface area contributed by atoms with Gasteiger partial charge in [0.25, 0.3) is 0 Å². The lowest BCUT2D eigenvalue weighted by Gasteiger charge is -1.84. The summed E-state index contributed by atoms with van der Waals surface area (Å²) in [6.45, 7) is 1.94. The smallest absolute Gasteiger partial charge is 0.198 e. The van der Waals surface area contributed by atoms with Gasteiger partial charge in [0.15, 0.2) is 3.79 Å². The van der Waals surface area contributed by atoms with Gasteiger partial charge in [-0.25, -0.2) is 4.98 Å². The first-order chi connectivity index (χ1) is 4.68. The summed E-state index contributed by atoms with van der Waals surface area (Å²) in [4.78, 5) is 14.7. The van der Waals surface area contributed by atoms with Crippen LogP contribution in [0.4, 0.5) is 0 Å². The van der Waals surface area contributed by atoms with Gasteiger partial charge in [0.1, 0.15) is 0 Å². The van der Waals surface area contributed by atoms with Crippen LogP contribution in [0.15, 0.2) is 5.38 Å².